The van der Waals surface area contributed by atoms with Gasteiger partial charge in [0, 0.05) is 36.5 Å². The van der Waals surface area contributed by atoms with Crippen LogP contribution in [0.4, 0.5) is 0 Å². The number of hydrogen-bond donors (Lipinski definition) is 3. The minimum absolute atomic E-state index is 0.154. The van der Waals surface area contributed by atoms with E-state index >= 15 is 0 Å². The Hall–Kier alpha value is -3.33. The molecule has 4 aromatic rings. The number of pyridine rings is 2. The van der Waals surface area contributed by atoms with Crippen molar-refractivity contribution in [2.75, 3.05) is 12.8 Å². The number of nitrogens with one attached hydrogen (secondary N) is 3. The first-order valence-electron chi connectivity index (χ1n) is 10.7. The first-order valence-corrected chi connectivity index (χ1v) is 12.7. The fourth-order valence-corrected chi connectivity index (χ4v) is 5.21. The zero-order chi connectivity index (χ0) is 22.8. The summed E-state index contributed by atoms with van der Waals surface area (Å²) in [6, 6.07) is 21.5. The van der Waals surface area contributed by atoms with E-state index in [2.05, 4.69) is 45.1 Å². The van der Waals surface area contributed by atoms with Crippen LogP contribution in [0.2, 0.25) is 0 Å². The predicted octanol–water partition coefficient (Wildman–Crippen LogP) is 4.18. The molecule has 5 rings (SSSR count). The highest BCUT2D eigenvalue weighted by Crippen LogP contribution is 2.33. The molecule has 0 aliphatic carbocycles. The lowest BCUT2D eigenvalue weighted by Crippen LogP contribution is -2.24. The SMILES string of the molecule is CS(=N)(=O)c1cc(COc2ccc(C3NNCC3c3ccncc3)cc2)nc2ccccc12. The smallest absolute Gasteiger partial charge is 0.130 e. The molecule has 3 unspecified atom stereocenters. The lowest BCUT2D eigenvalue weighted by Gasteiger charge is -2.19. The highest BCUT2D eigenvalue weighted by atomic mass is 32.2. The van der Waals surface area contributed by atoms with Gasteiger partial charge in [-0.05, 0) is 47.5 Å². The maximum Gasteiger partial charge on any atom is 0.130 e. The zero-order valence-corrected chi connectivity index (χ0v) is 19.0. The van der Waals surface area contributed by atoms with Gasteiger partial charge in [-0.2, -0.15) is 0 Å². The van der Waals surface area contributed by atoms with Gasteiger partial charge in [0.05, 0.1) is 31.9 Å². The van der Waals surface area contributed by atoms with Crippen LogP contribution in [0.1, 0.15) is 28.8 Å². The number of ether oxygens (including phenoxy) is 1. The summed E-state index contributed by atoms with van der Waals surface area (Å²) in [5, 5.41) is 0.745. The summed E-state index contributed by atoms with van der Waals surface area (Å²) in [5.74, 6) is 1.04. The van der Waals surface area contributed by atoms with Crippen molar-refractivity contribution in [1.82, 2.24) is 20.8 Å². The molecule has 0 saturated carbocycles. The number of hydrazine groups is 1. The topological polar surface area (TPSA) is 100.0 Å². The Morgan fingerprint density at radius 1 is 1.06 bits per heavy atom. The molecule has 3 N–H and O–H groups in total. The highest BCUT2D eigenvalue weighted by Gasteiger charge is 2.29. The van der Waals surface area contributed by atoms with Crippen LogP contribution >= 0.6 is 0 Å². The van der Waals surface area contributed by atoms with E-state index in [0.29, 0.717) is 22.0 Å². The maximum atomic E-state index is 12.5. The third-order valence-corrected chi connectivity index (χ3v) is 7.07. The van der Waals surface area contributed by atoms with E-state index in [9.17, 15) is 4.21 Å². The van der Waals surface area contributed by atoms with Crippen LogP contribution in [0.5, 0.6) is 5.75 Å². The van der Waals surface area contributed by atoms with Gasteiger partial charge in [0.15, 0.2) is 0 Å². The molecule has 168 valence electrons. The molecule has 1 fully saturated rings. The number of para-hydroxylation sites is 1. The summed E-state index contributed by atoms with van der Waals surface area (Å²) in [6.45, 7) is 1.08. The second-order valence-electron chi connectivity index (χ2n) is 8.22. The van der Waals surface area contributed by atoms with Crippen LogP contribution in [0.3, 0.4) is 0 Å². The molecular formula is C25H25N5O2S. The van der Waals surface area contributed by atoms with E-state index < -0.39 is 9.73 Å². The Morgan fingerprint density at radius 3 is 2.58 bits per heavy atom. The molecule has 3 heterocycles. The molecule has 1 aliphatic heterocycles. The van der Waals surface area contributed by atoms with Gasteiger partial charge in [0.2, 0.25) is 0 Å². The molecule has 1 aliphatic rings. The van der Waals surface area contributed by atoms with Crippen molar-refractivity contribution >= 4 is 20.6 Å². The summed E-state index contributed by atoms with van der Waals surface area (Å²) in [7, 11) is -2.89. The quantitative estimate of drug-likeness (QED) is 0.400. The number of hydrogen-bond acceptors (Lipinski definition) is 7. The first kappa shape index (κ1) is 21.5. The summed E-state index contributed by atoms with van der Waals surface area (Å²) >= 11 is 0. The van der Waals surface area contributed by atoms with Crippen molar-refractivity contribution in [2.24, 2.45) is 0 Å². The van der Waals surface area contributed by atoms with Crippen LogP contribution in [0.15, 0.2) is 84.0 Å². The first-order chi connectivity index (χ1) is 16.0. The molecule has 0 bridgehead atoms. The number of rotatable bonds is 6. The van der Waals surface area contributed by atoms with E-state index in [0.717, 1.165) is 17.7 Å². The van der Waals surface area contributed by atoms with Gasteiger partial charge in [-0.15, -0.1) is 0 Å². The Kier molecular flexibility index (Phi) is 5.80. The molecule has 1 saturated heterocycles. The third kappa shape index (κ3) is 4.59. The van der Waals surface area contributed by atoms with E-state index in [1.165, 1.54) is 17.4 Å². The lowest BCUT2D eigenvalue weighted by atomic mass is 9.89. The van der Waals surface area contributed by atoms with Crippen molar-refractivity contribution < 1.29 is 8.95 Å². The summed E-state index contributed by atoms with van der Waals surface area (Å²) in [4.78, 5) is 9.24. The number of nitrogens with zero attached hydrogens (tertiary/aromatic N) is 2. The van der Waals surface area contributed by atoms with Gasteiger partial charge in [-0.1, -0.05) is 30.3 Å². The Morgan fingerprint density at radius 2 is 1.82 bits per heavy atom. The molecule has 0 radical (unpaired) electrons. The average molecular weight is 460 g/mol. The van der Waals surface area contributed by atoms with Gasteiger partial charge in [-0.3, -0.25) is 10.4 Å². The predicted molar refractivity (Wildman–Crippen MR) is 128 cm³/mol. The minimum Gasteiger partial charge on any atom is -0.487 e. The molecule has 2 aromatic heterocycles. The van der Waals surface area contributed by atoms with E-state index in [1.807, 2.05) is 48.8 Å². The van der Waals surface area contributed by atoms with Crippen LogP contribution in [-0.2, 0) is 16.3 Å². The lowest BCUT2D eigenvalue weighted by molar-refractivity contribution is 0.301. The molecule has 2 aromatic carbocycles. The fraction of sp³-hybridized carbons (Fsp3) is 0.200. The second-order valence-corrected chi connectivity index (χ2v) is 10.3. The highest BCUT2D eigenvalue weighted by molar-refractivity contribution is 7.92. The average Bonchev–Trinajstić information content (AvgIpc) is 3.32. The van der Waals surface area contributed by atoms with Crippen LogP contribution in [0.25, 0.3) is 10.9 Å². The summed E-state index contributed by atoms with van der Waals surface area (Å²) in [5.41, 5.74) is 10.4. The van der Waals surface area contributed by atoms with Crippen molar-refractivity contribution in [2.45, 2.75) is 23.5 Å². The molecule has 3 atom stereocenters. The summed E-state index contributed by atoms with van der Waals surface area (Å²) in [6.07, 6.45) is 5.08. The van der Waals surface area contributed by atoms with Gasteiger partial charge < -0.3 is 4.74 Å². The van der Waals surface area contributed by atoms with E-state index in [-0.39, 0.29) is 12.6 Å². The molecule has 33 heavy (non-hydrogen) atoms. The van der Waals surface area contributed by atoms with Crippen LogP contribution < -0.4 is 15.6 Å². The minimum atomic E-state index is -2.89. The van der Waals surface area contributed by atoms with Gasteiger partial charge in [0.1, 0.15) is 12.4 Å². The van der Waals surface area contributed by atoms with Gasteiger partial charge >= 0.3 is 0 Å². The van der Waals surface area contributed by atoms with E-state index in [4.69, 9.17) is 9.52 Å². The fourth-order valence-electron chi connectivity index (χ4n) is 4.25. The van der Waals surface area contributed by atoms with E-state index in [1.54, 1.807) is 6.07 Å². The molecular weight excluding hydrogens is 434 g/mol. The van der Waals surface area contributed by atoms with Crippen LogP contribution in [0, 0.1) is 4.78 Å². The Balaban J connectivity index is 1.33. The number of fused-ring (bicyclic) bond motifs is 1. The van der Waals surface area contributed by atoms with Crippen molar-refractivity contribution in [3.8, 4) is 5.75 Å². The summed E-state index contributed by atoms with van der Waals surface area (Å²) < 4.78 is 26.6. The number of benzene rings is 2. The molecule has 0 amide bonds. The molecule has 0 spiro atoms. The number of aromatic nitrogens is 2. The van der Waals surface area contributed by atoms with Crippen LogP contribution in [-0.4, -0.2) is 27.0 Å². The van der Waals surface area contributed by atoms with Gasteiger partial charge in [0.25, 0.3) is 0 Å². The monoisotopic (exact) mass is 459 g/mol. The maximum absolute atomic E-state index is 12.5. The van der Waals surface area contributed by atoms with Crippen molar-refractivity contribution in [3.63, 3.8) is 0 Å². The zero-order valence-electron chi connectivity index (χ0n) is 18.2. The second kappa shape index (κ2) is 8.90. The Bertz CT molecular complexity index is 1380. The largest absolute Gasteiger partial charge is 0.487 e. The van der Waals surface area contributed by atoms with Crippen molar-refractivity contribution in [1.29, 1.82) is 4.78 Å². The van der Waals surface area contributed by atoms with Crippen molar-refractivity contribution in [3.05, 3.63) is 95.9 Å². The molecule has 8 heteroatoms. The standard InChI is InChI=1S/C25H25N5O2S/c1-33(26,31)24-14-19(29-23-5-3-2-4-21(23)24)16-32-20-8-6-18(7-9-20)25-22(15-28-30-25)17-10-12-27-13-11-17/h2-14,22,25-26,28,30H,15-16H2,1H3. The Labute approximate surface area is 193 Å². The normalized spacial score (nSPS) is 19.9. The van der Waals surface area contributed by atoms with Gasteiger partial charge in [-0.25, -0.2) is 19.4 Å². The molecule has 7 nitrogen and oxygen atoms in total. The third-order valence-electron chi connectivity index (χ3n) is 5.89.